The highest BCUT2D eigenvalue weighted by atomic mass is 32.2. The van der Waals surface area contributed by atoms with Crippen LogP contribution in [0.15, 0.2) is 59.5 Å². The molecule has 0 saturated carbocycles. The molecule has 6 nitrogen and oxygen atoms in total. The van der Waals surface area contributed by atoms with Crippen molar-refractivity contribution in [2.45, 2.75) is 43.9 Å². The van der Waals surface area contributed by atoms with Crippen molar-refractivity contribution in [2.75, 3.05) is 23.0 Å². The molecule has 1 aliphatic carbocycles. The van der Waals surface area contributed by atoms with Crippen LogP contribution in [-0.2, 0) is 27.2 Å². The van der Waals surface area contributed by atoms with Crippen molar-refractivity contribution in [3.63, 3.8) is 0 Å². The van der Waals surface area contributed by atoms with Gasteiger partial charge in [0.1, 0.15) is 5.00 Å². The van der Waals surface area contributed by atoms with Crippen molar-refractivity contribution in [2.24, 2.45) is 0 Å². The predicted molar refractivity (Wildman–Crippen MR) is 142 cm³/mol. The van der Waals surface area contributed by atoms with Gasteiger partial charge < -0.3 is 15.4 Å². The zero-order valence-electron chi connectivity index (χ0n) is 19.8. The molecule has 0 aliphatic heterocycles. The summed E-state index contributed by atoms with van der Waals surface area (Å²) in [7, 11) is 0. The topological polar surface area (TPSA) is 84.5 Å². The van der Waals surface area contributed by atoms with Crippen LogP contribution < -0.4 is 10.6 Å². The van der Waals surface area contributed by atoms with Gasteiger partial charge in [-0.25, -0.2) is 4.79 Å². The molecule has 2 aromatic carbocycles. The molecule has 0 saturated heterocycles. The molecule has 3 aromatic rings. The van der Waals surface area contributed by atoms with E-state index in [1.807, 2.05) is 24.3 Å². The summed E-state index contributed by atoms with van der Waals surface area (Å²) in [5.41, 5.74) is 3.50. The van der Waals surface area contributed by atoms with Crippen LogP contribution in [0.1, 0.15) is 52.5 Å². The van der Waals surface area contributed by atoms with Gasteiger partial charge in [-0.3, -0.25) is 9.59 Å². The fourth-order valence-corrected chi connectivity index (χ4v) is 6.37. The molecule has 0 spiro atoms. The number of anilines is 2. The Morgan fingerprint density at radius 1 is 1.09 bits per heavy atom. The maximum absolute atomic E-state index is 12.8. The van der Waals surface area contributed by atoms with Crippen molar-refractivity contribution in [1.29, 1.82) is 0 Å². The zero-order chi connectivity index (χ0) is 24.8. The molecule has 35 heavy (non-hydrogen) atoms. The van der Waals surface area contributed by atoms with Gasteiger partial charge >= 0.3 is 5.97 Å². The summed E-state index contributed by atoms with van der Waals surface area (Å²) in [5.74, 6) is -0.140. The molecule has 8 heteroatoms. The van der Waals surface area contributed by atoms with E-state index in [0.29, 0.717) is 22.2 Å². The van der Waals surface area contributed by atoms with Gasteiger partial charge in [-0.15, -0.1) is 23.1 Å². The first-order valence-electron chi connectivity index (χ1n) is 11.6. The van der Waals surface area contributed by atoms with Crippen LogP contribution in [0.2, 0.25) is 0 Å². The normalized spacial score (nSPS) is 14.6. The Bertz CT molecular complexity index is 1220. The summed E-state index contributed by atoms with van der Waals surface area (Å²) in [6.07, 6.45) is 2.57. The van der Waals surface area contributed by atoms with Gasteiger partial charge in [-0.1, -0.05) is 36.4 Å². The smallest absolute Gasteiger partial charge is 0.341 e. The molecular formula is C27H28N2O4S2. The van der Waals surface area contributed by atoms with Crippen molar-refractivity contribution in [1.82, 2.24) is 0 Å². The monoisotopic (exact) mass is 508 g/mol. The van der Waals surface area contributed by atoms with Crippen molar-refractivity contribution in [3.8, 4) is 0 Å². The minimum atomic E-state index is -0.380. The molecule has 4 rings (SSSR count). The van der Waals surface area contributed by atoms with E-state index in [1.54, 1.807) is 13.0 Å². The Balaban J connectivity index is 1.49. The Kier molecular flexibility index (Phi) is 8.25. The lowest BCUT2D eigenvalue weighted by Crippen LogP contribution is -2.18. The number of hydrogen-bond acceptors (Lipinski definition) is 6. The molecule has 1 aliphatic rings. The fourth-order valence-electron chi connectivity index (χ4n) is 4.28. The summed E-state index contributed by atoms with van der Waals surface area (Å²) in [6, 6.07) is 17.8. The number of carbonyl (C=O) groups is 3. The molecule has 2 N–H and O–H groups in total. The summed E-state index contributed by atoms with van der Waals surface area (Å²) in [5, 5.41) is 6.28. The second-order valence-electron chi connectivity index (χ2n) is 8.32. The molecular weight excluding hydrogens is 480 g/mol. The zero-order valence-corrected chi connectivity index (χ0v) is 21.4. The van der Waals surface area contributed by atoms with E-state index < -0.39 is 0 Å². The second-order valence-corrected chi connectivity index (χ2v) is 10.5. The van der Waals surface area contributed by atoms with Gasteiger partial charge in [0.2, 0.25) is 11.8 Å². The van der Waals surface area contributed by atoms with E-state index in [0.717, 1.165) is 34.6 Å². The van der Waals surface area contributed by atoms with Crippen LogP contribution >= 0.6 is 23.1 Å². The third-order valence-electron chi connectivity index (χ3n) is 5.79. The Labute approximate surface area is 213 Å². The summed E-state index contributed by atoms with van der Waals surface area (Å²) in [4.78, 5) is 39.0. The van der Waals surface area contributed by atoms with E-state index in [1.165, 1.54) is 35.6 Å². The molecule has 0 bridgehead atoms. The highest BCUT2D eigenvalue weighted by molar-refractivity contribution is 8.00. The van der Waals surface area contributed by atoms with E-state index in [2.05, 4.69) is 34.9 Å². The first-order valence-corrected chi connectivity index (χ1v) is 13.4. The van der Waals surface area contributed by atoms with Crippen molar-refractivity contribution < 1.29 is 19.1 Å². The number of thioether (sulfide) groups is 1. The molecule has 182 valence electrons. The summed E-state index contributed by atoms with van der Waals surface area (Å²) in [6.45, 7) is 3.52. The Morgan fingerprint density at radius 3 is 2.63 bits per heavy atom. The minimum Gasteiger partial charge on any atom is -0.462 e. The van der Waals surface area contributed by atoms with E-state index in [4.69, 9.17) is 4.74 Å². The SMILES string of the molecule is CCOC(=O)c1c(NC(=O)CSc2cccc(NC(C)=O)c2)sc2c1CCC(c1ccccc1)C2. The average Bonchev–Trinajstić information content (AvgIpc) is 3.20. The standard InChI is InChI=1S/C27H28N2O4S2/c1-3-33-27(32)25-22-13-12-19(18-8-5-4-6-9-18)14-23(22)35-26(25)29-24(31)16-34-21-11-7-10-20(15-21)28-17(2)30/h4-11,15,19H,3,12-14,16H2,1-2H3,(H,28,30)(H,29,31). The number of amides is 2. The second kappa shape index (κ2) is 11.6. The lowest BCUT2D eigenvalue weighted by atomic mass is 9.83. The number of carbonyl (C=O) groups excluding carboxylic acids is 3. The van der Waals surface area contributed by atoms with Gasteiger partial charge in [0.25, 0.3) is 0 Å². The van der Waals surface area contributed by atoms with Crippen molar-refractivity contribution >= 4 is 51.6 Å². The first-order chi connectivity index (χ1) is 16.9. The molecule has 0 fully saturated rings. The number of fused-ring (bicyclic) bond motifs is 1. The van der Waals surface area contributed by atoms with Crippen LogP contribution in [0.5, 0.6) is 0 Å². The highest BCUT2D eigenvalue weighted by Crippen LogP contribution is 2.43. The summed E-state index contributed by atoms with van der Waals surface area (Å²) < 4.78 is 5.34. The first kappa shape index (κ1) is 25.0. The van der Waals surface area contributed by atoms with Crippen LogP contribution in [0, 0.1) is 0 Å². The Hall–Kier alpha value is -3.10. The molecule has 1 aromatic heterocycles. The van der Waals surface area contributed by atoms with Crippen LogP contribution in [0.3, 0.4) is 0 Å². The number of hydrogen-bond donors (Lipinski definition) is 2. The van der Waals surface area contributed by atoms with Gasteiger partial charge in [-0.2, -0.15) is 0 Å². The number of thiophene rings is 1. The third-order valence-corrected chi connectivity index (χ3v) is 7.96. The van der Waals surface area contributed by atoms with E-state index in [9.17, 15) is 14.4 Å². The predicted octanol–water partition coefficient (Wildman–Crippen LogP) is 5.89. The largest absolute Gasteiger partial charge is 0.462 e. The van der Waals surface area contributed by atoms with Crippen molar-refractivity contribution in [3.05, 3.63) is 76.2 Å². The van der Waals surface area contributed by atoms with E-state index >= 15 is 0 Å². The number of benzene rings is 2. The number of esters is 1. The lowest BCUT2D eigenvalue weighted by Gasteiger charge is -2.23. The van der Waals surface area contributed by atoms with Crippen LogP contribution in [-0.4, -0.2) is 30.1 Å². The minimum absolute atomic E-state index is 0.146. The fraction of sp³-hybridized carbons (Fsp3) is 0.296. The van der Waals surface area contributed by atoms with Gasteiger partial charge in [0.15, 0.2) is 0 Å². The molecule has 1 atom stereocenters. The van der Waals surface area contributed by atoms with Gasteiger partial charge in [0, 0.05) is 22.4 Å². The number of rotatable bonds is 8. The quantitative estimate of drug-likeness (QED) is 0.293. The van der Waals surface area contributed by atoms with Crippen LogP contribution in [0.25, 0.3) is 0 Å². The summed E-state index contributed by atoms with van der Waals surface area (Å²) >= 11 is 2.86. The highest BCUT2D eigenvalue weighted by Gasteiger charge is 2.30. The average molecular weight is 509 g/mol. The molecule has 0 radical (unpaired) electrons. The maximum Gasteiger partial charge on any atom is 0.341 e. The van der Waals surface area contributed by atoms with E-state index in [-0.39, 0.29) is 30.1 Å². The number of ether oxygens (including phenoxy) is 1. The molecule has 1 heterocycles. The maximum atomic E-state index is 12.8. The number of nitrogens with one attached hydrogen (secondary N) is 2. The Morgan fingerprint density at radius 2 is 1.89 bits per heavy atom. The van der Waals surface area contributed by atoms with Crippen LogP contribution in [0.4, 0.5) is 10.7 Å². The lowest BCUT2D eigenvalue weighted by molar-refractivity contribution is -0.114. The third kappa shape index (κ3) is 6.32. The molecule has 1 unspecified atom stereocenters. The van der Waals surface area contributed by atoms with Gasteiger partial charge in [0.05, 0.1) is 17.9 Å². The molecule has 2 amide bonds. The van der Waals surface area contributed by atoms with Gasteiger partial charge in [-0.05, 0) is 61.4 Å².